The Balaban J connectivity index is 1.54. The van der Waals surface area contributed by atoms with E-state index in [0.29, 0.717) is 5.92 Å². The number of fused-ring (bicyclic) bond motifs is 3. The lowest BCUT2D eigenvalue weighted by Gasteiger charge is -2.48. The number of benzene rings is 2. The van der Waals surface area contributed by atoms with E-state index in [1.807, 2.05) is 65.1 Å². The summed E-state index contributed by atoms with van der Waals surface area (Å²) < 4.78 is 13.5. The third-order valence-corrected chi connectivity index (χ3v) is 16.1. The molecule has 3 N–H and O–H groups in total. The van der Waals surface area contributed by atoms with E-state index >= 15 is 24.0 Å². The zero-order valence-corrected chi connectivity index (χ0v) is 48.0. The number of hydrogen-bond donors (Lipinski definition) is 3. The van der Waals surface area contributed by atoms with Crippen molar-refractivity contribution in [2.45, 2.75) is 168 Å². The zero-order chi connectivity index (χ0) is 57.7. The summed E-state index contributed by atoms with van der Waals surface area (Å²) in [6.07, 6.45) is 6.95. The van der Waals surface area contributed by atoms with Gasteiger partial charge in [0, 0.05) is 75.7 Å². The number of nitro groups is 1. The predicted molar refractivity (Wildman–Crippen MR) is 296 cm³/mol. The first-order chi connectivity index (χ1) is 36.8. The van der Waals surface area contributed by atoms with Crippen molar-refractivity contribution in [2.24, 2.45) is 23.7 Å². The molecule has 2 saturated heterocycles. The number of nitrogens with one attached hydrogen (secondary N) is 3. The fourth-order valence-corrected chi connectivity index (χ4v) is 11.4. The maximum atomic E-state index is 15.7. The number of piperidine rings is 1. The molecule has 6 rings (SSSR count). The molecule has 3 aliphatic rings. The van der Waals surface area contributed by atoms with Crippen LogP contribution in [0.4, 0.5) is 5.69 Å². The molecule has 2 aliphatic heterocycles. The van der Waals surface area contributed by atoms with Gasteiger partial charge in [-0.1, -0.05) is 71.0 Å². The van der Waals surface area contributed by atoms with Crippen LogP contribution in [0.2, 0.25) is 0 Å². The molecule has 1 aliphatic carbocycles. The van der Waals surface area contributed by atoms with E-state index in [4.69, 9.17) is 9.47 Å². The standard InChI is InChI=1S/C58H83N9O11/c1-15-16-20-41-54(72)64(12)48(31-38-32-65(58(8,9)39-23-24-39)43-21-18-17-19-40(38)43)55(73)62(10)45(26-33(2)3)51(69)61-42(29-37-22-25-49(77-13)44(30-37)67(75)76)50(68)59-36(7)53(71)63(11)47-28-35(6)57(78-14)66(56(47)74)46(27-34(4)5)52(70)60-41/h15-19,21-22,25,30,32-36,39,41-42,45-48,57H,20,23-24,26-29,31H2,1-14H3,(H,59,68)(H,60,70)(H,61,69)/b16-15+/t35?,36-,41-,42-,45-,46-,47-,48-,57+/m0/s1. The summed E-state index contributed by atoms with van der Waals surface area (Å²) >= 11 is 0. The van der Waals surface area contributed by atoms with Crippen LogP contribution in [0.3, 0.4) is 0 Å². The molecule has 7 amide bonds. The van der Waals surface area contributed by atoms with Gasteiger partial charge in [0.25, 0.3) is 0 Å². The average molecular weight is 1080 g/mol. The molecule has 0 radical (unpaired) electrons. The predicted octanol–water partition coefficient (Wildman–Crippen LogP) is 5.73. The topological polar surface area (TPSA) is 235 Å². The van der Waals surface area contributed by atoms with E-state index in [1.54, 1.807) is 19.1 Å². The lowest BCUT2D eigenvalue weighted by atomic mass is 9.88. The van der Waals surface area contributed by atoms with Crippen LogP contribution in [0.25, 0.3) is 10.9 Å². The maximum Gasteiger partial charge on any atom is 0.311 e. The molecule has 9 atom stereocenters. The van der Waals surface area contributed by atoms with Crippen LogP contribution in [0.1, 0.15) is 112 Å². The molecule has 2 bridgehead atoms. The lowest BCUT2D eigenvalue weighted by molar-refractivity contribution is -0.385. The number of nitrogens with zero attached hydrogens (tertiary/aromatic N) is 6. The molecule has 1 aromatic heterocycles. The summed E-state index contributed by atoms with van der Waals surface area (Å²) in [7, 11) is 7.19. The summed E-state index contributed by atoms with van der Waals surface area (Å²) in [4.78, 5) is 122. The molecule has 3 heterocycles. The highest BCUT2D eigenvalue weighted by molar-refractivity contribution is 5.99. The van der Waals surface area contributed by atoms with E-state index < -0.39 is 101 Å². The number of ether oxygens (including phenoxy) is 2. The number of methoxy groups -OCH3 is 2. The number of rotatable bonds is 15. The second kappa shape index (κ2) is 25.3. The monoisotopic (exact) mass is 1080 g/mol. The van der Waals surface area contributed by atoms with E-state index in [-0.39, 0.29) is 72.9 Å². The van der Waals surface area contributed by atoms with Crippen molar-refractivity contribution < 1.29 is 48.0 Å². The number of allylic oxidation sites excluding steroid dienone is 1. The summed E-state index contributed by atoms with van der Waals surface area (Å²) in [5.41, 5.74) is 1.36. The van der Waals surface area contributed by atoms with Crippen LogP contribution in [0, 0.1) is 33.8 Å². The fraction of sp³-hybridized carbons (Fsp3) is 0.603. The van der Waals surface area contributed by atoms with Crippen molar-refractivity contribution in [3.63, 3.8) is 0 Å². The second-order valence-electron chi connectivity index (χ2n) is 23.1. The summed E-state index contributed by atoms with van der Waals surface area (Å²) in [5, 5.41) is 21.6. The Bertz CT molecular complexity index is 2750. The van der Waals surface area contributed by atoms with Crippen molar-refractivity contribution >= 4 is 57.9 Å². The van der Waals surface area contributed by atoms with Crippen molar-refractivity contribution in [1.29, 1.82) is 0 Å². The van der Waals surface area contributed by atoms with Gasteiger partial charge in [0.2, 0.25) is 41.4 Å². The Kier molecular flexibility index (Phi) is 19.6. The maximum absolute atomic E-state index is 15.7. The highest BCUT2D eigenvalue weighted by Crippen LogP contribution is 2.46. The first-order valence-electron chi connectivity index (χ1n) is 27.4. The van der Waals surface area contributed by atoms with Gasteiger partial charge in [0.05, 0.1) is 12.0 Å². The van der Waals surface area contributed by atoms with Gasteiger partial charge in [-0.05, 0) is 107 Å². The van der Waals surface area contributed by atoms with E-state index in [9.17, 15) is 19.7 Å². The lowest BCUT2D eigenvalue weighted by Crippen LogP contribution is -2.66. The van der Waals surface area contributed by atoms with Gasteiger partial charge < -0.3 is 49.6 Å². The minimum absolute atomic E-state index is 0.00768. The second-order valence-corrected chi connectivity index (χ2v) is 23.1. The number of likely N-dealkylation sites (N-methyl/N-ethyl adjacent to an activating group) is 3. The molecular formula is C58H83N9O11. The quantitative estimate of drug-likeness (QED) is 0.0945. The number of para-hydroxylation sites is 1. The Labute approximate surface area is 459 Å². The molecule has 20 nitrogen and oxygen atoms in total. The van der Waals surface area contributed by atoms with Gasteiger partial charge in [0.15, 0.2) is 5.75 Å². The summed E-state index contributed by atoms with van der Waals surface area (Å²) in [6.45, 7) is 17.1. The highest BCUT2D eigenvalue weighted by Gasteiger charge is 2.49. The molecule has 0 spiro atoms. The Morgan fingerprint density at radius 3 is 1.97 bits per heavy atom. The minimum atomic E-state index is -1.46. The van der Waals surface area contributed by atoms with Crippen molar-refractivity contribution in [1.82, 2.24) is 40.1 Å². The van der Waals surface area contributed by atoms with Gasteiger partial charge in [-0.15, -0.1) is 0 Å². The Morgan fingerprint density at radius 2 is 1.37 bits per heavy atom. The van der Waals surface area contributed by atoms with Crippen molar-refractivity contribution in [3.8, 4) is 5.75 Å². The Morgan fingerprint density at radius 1 is 0.756 bits per heavy atom. The Hall–Kier alpha value is -6.83. The first-order valence-corrected chi connectivity index (χ1v) is 27.4. The molecule has 1 saturated carbocycles. The number of carbonyl (C=O) groups excluding carboxylic acids is 7. The largest absolute Gasteiger partial charge is 0.490 e. The number of carbonyl (C=O) groups is 7. The van der Waals surface area contributed by atoms with Crippen LogP contribution >= 0.6 is 0 Å². The number of hydrogen-bond acceptors (Lipinski definition) is 11. The molecule has 1 unspecified atom stereocenters. The van der Waals surface area contributed by atoms with E-state index in [0.717, 1.165) is 29.3 Å². The zero-order valence-electron chi connectivity index (χ0n) is 48.0. The molecule has 78 heavy (non-hydrogen) atoms. The van der Waals surface area contributed by atoms with Gasteiger partial charge >= 0.3 is 5.69 Å². The SMILES string of the molecule is C/C=C/C[C@@H]1NC(=O)[C@H](CC(C)C)N2C(=O)[C@H](CC(C)[C@H]2OC)N(C)C(=O)[C@H](C)NC(=O)[C@H](Cc2ccc(OC)c([N+](=O)[O-])c2)NC(=O)[C@H](CC(C)C)N(C)C(=O)[C@H](Cc2cn(C(C)(C)C3CC3)c3ccccc23)N(C)C1=O. The van der Waals surface area contributed by atoms with E-state index in [1.165, 1.54) is 80.1 Å². The average Bonchev–Trinajstić information content (AvgIpc) is 4.23. The molecule has 20 heteroatoms. The van der Waals surface area contributed by atoms with Crippen LogP contribution in [-0.2, 0) is 56.7 Å². The third kappa shape index (κ3) is 13.2. The van der Waals surface area contributed by atoms with E-state index in [2.05, 4.69) is 34.4 Å². The minimum Gasteiger partial charge on any atom is -0.490 e. The van der Waals surface area contributed by atoms with Crippen LogP contribution in [-0.4, -0.2) is 154 Å². The number of amides is 7. The smallest absolute Gasteiger partial charge is 0.311 e. The van der Waals surface area contributed by atoms with Crippen molar-refractivity contribution in [2.75, 3.05) is 35.4 Å². The number of aromatic nitrogens is 1. The summed E-state index contributed by atoms with van der Waals surface area (Å²) in [6, 6.07) is 3.30. The fourth-order valence-electron chi connectivity index (χ4n) is 11.4. The third-order valence-electron chi connectivity index (χ3n) is 16.1. The number of nitro benzene ring substituents is 1. The van der Waals surface area contributed by atoms with Gasteiger partial charge in [0.1, 0.15) is 48.5 Å². The van der Waals surface area contributed by atoms with Gasteiger partial charge in [-0.25, -0.2) is 0 Å². The molecule has 3 fully saturated rings. The molecule has 3 aromatic rings. The highest BCUT2D eigenvalue weighted by atomic mass is 16.6. The normalized spacial score (nSPS) is 25.9. The van der Waals surface area contributed by atoms with Gasteiger partial charge in [-0.3, -0.25) is 43.7 Å². The molecule has 426 valence electrons. The molecule has 2 aromatic carbocycles. The first kappa shape index (κ1) is 60.4. The van der Waals surface area contributed by atoms with Gasteiger partial charge in [-0.2, -0.15) is 0 Å². The van der Waals surface area contributed by atoms with Crippen molar-refractivity contribution in [3.05, 3.63) is 82.1 Å². The van der Waals surface area contributed by atoms with Crippen LogP contribution in [0.15, 0.2) is 60.8 Å². The van der Waals surface area contributed by atoms with Crippen LogP contribution in [0.5, 0.6) is 5.75 Å². The molecular weight excluding hydrogens is 999 g/mol. The van der Waals surface area contributed by atoms with Crippen LogP contribution < -0.4 is 20.7 Å². The summed E-state index contributed by atoms with van der Waals surface area (Å²) in [5.74, 6) is -4.94.